The number of carbonyl (C=O) groups excluding carboxylic acids is 2. The zero-order valence-electron chi connectivity index (χ0n) is 11.9. The van der Waals surface area contributed by atoms with Crippen LogP contribution in [0.5, 0.6) is 0 Å². The molecule has 0 aliphatic heterocycles. The van der Waals surface area contributed by atoms with E-state index < -0.39 is 5.97 Å². The third-order valence-corrected chi connectivity index (χ3v) is 3.99. The van der Waals surface area contributed by atoms with Gasteiger partial charge in [-0.1, -0.05) is 27.2 Å². The Kier molecular flexibility index (Phi) is 5.63. The molecule has 3 atom stereocenters. The summed E-state index contributed by atoms with van der Waals surface area (Å²) in [7, 11) is 1.33. The Labute approximate surface area is 109 Å². The standard InChI is InChI=1S/C14H25NO3/c1-9(2)11-6-5-10(3)7-12(11)14(17)15-8-13(16)18-4/h9-12H,5-8H2,1-4H3,(H,15,17)/t10-,11+,12+/m1/s1. The van der Waals surface area contributed by atoms with Gasteiger partial charge in [-0.3, -0.25) is 9.59 Å². The smallest absolute Gasteiger partial charge is 0.325 e. The minimum absolute atomic E-state index is 0.00523. The number of amides is 1. The first-order valence-corrected chi connectivity index (χ1v) is 6.80. The first-order valence-electron chi connectivity index (χ1n) is 6.80. The highest BCUT2D eigenvalue weighted by Crippen LogP contribution is 2.37. The van der Waals surface area contributed by atoms with Crippen LogP contribution in [-0.4, -0.2) is 25.5 Å². The van der Waals surface area contributed by atoms with E-state index in [4.69, 9.17) is 0 Å². The number of hydrogen-bond acceptors (Lipinski definition) is 3. The highest BCUT2D eigenvalue weighted by atomic mass is 16.5. The number of carbonyl (C=O) groups is 2. The first-order chi connectivity index (χ1) is 8.45. The van der Waals surface area contributed by atoms with Gasteiger partial charge in [0.1, 0.15) is 6.54 Å². The summed E-state index contributed by atoms with van der Waals surface area (Å²) in [6.07, 6.45) is 3.23. The second-order valence-electron chi connectivity index (χ2n) is 5.73. The lowest BCUT2D eigenvalue weighted by atomic mass is 9.70. The molecule has 0 radical (unpaired) electrons. The molecule has 0 heterocycles. The van der Waals surface area contributed by atoms with Crippen LogP contribution in [-0.2, 0) is 14.3 Å². The van der Waals surface area contributed by atoms with Gasteiger partial charge in [-0.15, -0.1) is 0 Å². The predicted molar refractivity (Wildman–Crippen MR) is 69.9 cm³/mol. The van der Waals surface area contributed by atoms with Gasteiger partial charge in [-0.05, 0) is 30.6 Å². The van der Waals surface area contributed by atoms with Crippen molar-refractivity contribution in [3.8, 4) is 0 Å². The first kappa shape index (κ1) is 15.0. The van der Waals surface area contributed by atoms with Crippen molar-refractivity contribution < 1.29 is 14.3 Å². The minimum atomic E-state index is -0.395. The van der Waals surface area contributed by atoms with Crippen LogP contribution < -0.4 is 5.32 Å². The lowest BCUT2D eigenvalue weighted by Crippen LogP contribution is -2.42. The molecule has 0 spiro atoms. The summed E-state index contributed by atoms with van der Waals surface area (Å²) < 4.78 is 4.53. The maximum absolute atomic E-state index is 12.2. The fraction of sp³-hybridized carbons (Fsp3) is 0.857. The molecule has 18 heavy (non-hydrogen) atoms. The molecule has 1 amide bonds. The predicted octanol–water partition coefficient (Wildman–Crippen LogP) is 1.98. The molecular weight excluding hydrogens is 230 g/mol. The molecule has 0 aromatic heterocycles. The van der Waals surface area contributed by atoms with E-state index in [0.717, 1.165) is 12.8 Å². The summed E-state index contributed by atoms with van der Waals surface area (Å²) in [5.41, 5.74) is 0. The van der Waals surface area contributed by atoms with Crippen LogP contribution in [0.2, 0.25) is 0 Å². The van der Waals surface area contributed by atoms with E-state index in [-0.39, 0.29) is 18.4 Å². The van der Waals surface area contributed by atoms with Crippen molar-refractivity contribution in [2.24, 2.45) is 23.7 Å². The molecular formula is C14H25NO3. The molecule has 4 nitrogen and oxygen atoms in total. The number of ether oxygens (including phenoxy) is 1. The number of nitrogens with one attached hydrogen (secondary N) is 1. The third kappa shape index (κ3) is 4.00. The fourth-order valence-corrected chi connectivity index (χ4v) is 2.87. The quantitative estimate of drug-likeness (QED) is 0.782. The van der Waals surface area contributed by atoms with Crippen LogP contribution in [0.15, 0.2) is 0 Å². The minimum Gasteiger partial charge on any atom is -0.468 e. The van der Waals surface area contributed by atoms with E-state index in [2.05, 4.69) is 30.8 Å². The molecule has 0 saturated heterocycles. The van der Waals surface area contributed by atoms with Crippen LogP contribution in [0.25, 0.3) is 0 Å². The lowest BCUT2D eigenvalue weighted by molar-refractivity contribution is -0.142. The Bertz CT molecular complexity index is 301. The Morgan fingerprint density at radius 2 is 2.00 bits per heavy atom. The van der Waals surface area contributed by atoms with E-state index >= 15 is 0 Å². The van der Waals surface area contributed by atoms with Gasteiger partial charge >= 0.3 is 5.97 Å². The zero-order chi connectivity index (χ0) is 13.7. The zero-order valence-corrected chi connectivity index (χ0v) is 11.9. The van der Waals surface area contributed by atoms with E-state index in [9.17, 15) is 9.59 Å². The van der Waals surface area contributed by atoms with Gasteiger partial charge in [0.15, 0.2) is 0 Å². The van der Waals surface area contributed by atoms with Gasteiger partial charge in [0.05, 0.1) is 7.11 Å². The normalized spacial score (nSPS) is 27.9. The summed E-state index contributed by atoms with van der Waals surface area (Å²) in [5, 5.41) is 2.70. The maximum atomic E-state index is 12.2. The van der Waals surface area contributed by atoms with Crippen molar-refractivity contribution in [2.45, 2.75) is 40.0 Å². The molecule has 1 rings (SSSR count). The second-order valence-corrected chi connectivity index (χ2v) is 5.73. The van der Waals surface area contributed by atoms with Crippen molar-refractivity contribution in [2.75, 3.05) is 13.7 Å². The van der Waals surface area contributed by atoms with E-state index in [0.29, 0.717) is 17.8 Å². The van der Waals surface area contributed by atoms with Crippen molar-refractivity contribution >= 4 is 11.9 Å². The SMILES string of the molecule is COC(=O)CNC(=O)[C@H]1C[C@H](C)CC[C@H]1C(C)C. The summed E-state index contributed by atoms with van der Waals surface area (Å²) >= 11 is 0. The van der Waals surface area contributed by atoms with Crippen molar-refractivity contribution in [3.05, 3.63) is 0 Å². The van der Waals surface area contributed by atoms with Gasteiger partial charge in [-0.2, -0.15) is 0 Å². The van der Waals surface area contributed by atoms with Gasteiger partial charge in [-0.25, -0.2) is 0 Å². The molecule has 0 bridgehead atoms. The molecule has 4 heteroatoms. The Hall–Kier alpha value is -1.06. The molecule has 0 unspecified atom stereocenters. The van der Waals surface area contributed by atoms with E-state index in [1.807, 2.05) is 0 Å². The van der Waals surface area contributed by atoms with Gasteiger partial charge in [0.2, 0.25) is 5.91 Å². The molecule has 1 saturated carbocycles. The number of esters is 1. The van der Waals surface area contributed by atoms with Crippen LogP contribution in [0, 0.1) is 23.7 Å². The molecule has 1 aliphatic carbocycles. The summed E-state index contributed by atoms with van der Waals surface area (Å²) in [6, 6.07) is 0. The monoisotopic (exact) mass is 255 g/mol. The molecule has 0 aromatic carbocycles. The Morgan fingerprint density at radius 3 is 2.56 bits per heavy atom. The average Bonchev–Trinajstić information content (AvgIpc) is 2.34. The molecule has 1 fully saturated rings. The topological polar surface area (TPSA) is 55.4 Å². The molecule has 1 aliphatic rings. The average molecular weight is 255 g/mol. The van der Waals surface area contributed by atoms with Crippen molar-refractivity contribution in [1.29, 1.82) is 0 Å². The fourth-order valence-electron chi connectivity index (χ4n) is 2.87. The van der Waals surface area contributed by atoms with Crippen molar-refractivity contribution in [1.82, 2.24) is 5.32 Å². The number of methoxy groups -OCH3 is 1. The van der Waals surface area contributed by atoms with Crippen LogP contribution in [0.1, 0.15) is 40.0 Å². The highest BCUT2D eigenvalue weighted by molar-refractivity contribution is 5.83. The summed E-state index contributed by atoms with van der Waals surface area (Å²) in [6.45, 7) is 6.50. The summed E-state index contributed by atoms with van der Waals surface area (Å²) in [5.74, 6) is 1.18. The lowest BCUT2D eigenvalue weighted by Gasteiger charge is -2.36. The molecule has 104 valence electrons. The van der Waals surface area contributed by atoms with Crippen LogP contribution in [0.3, 0.4) is 0 Å². The highest BCUT2D eigenvalue weighted by Gasteiger charge is 2.35. The largest absolute Gasteiger partial charge is 0.468 e. The second kappa shape index (κ2) is 6.76. The van der Waals surface area contributed by atoms with Gasteiger partial charge in [0.25, 0.3) is 0 Å². The number of rotatable bonds is 4. The van der Waals surface area contributed by atoms with Crippen LogP contribution >= 0.6 is 0 Å². The van der Waals surface area contributed by atoms with E-state index in [1.54, 1.807) is 0 Å². The molecule has 1 N–H and O–H groups in total. The third-order valence-electron chi connectivity index (χ3n) is 3.99. The molecule has 0 aromatic rings. The maximum Gasteiger partial charge on any atom is 0.325 e. The Morgan fingerprint density at radius 1 is 1.33 bits per heavy atom. The van der Waals surface area contributed by atoms with Crippen LogP contribution in [0.4, 0.5) is 0 Å². The number of hydrogen-bond donors (Lipinski definition) is 1. The van der Waals surface area contributed by atoms with E-state index in [1.165, 1.54) is 13.5 Å². The van der Waals surface area contributed by atoms with Crippen molar-refractivity contribution in [3.63, 3.8) is 0 Å². The van der Waals surface area contributed by atoms with Gasteiger partial charge in [0, 0.05) is 5.92 Å². The van der Waals surface area contributed by atoms with Gasteiger partial charge < -0.3 is 10.1 Å². The summed E-state index contributed by atoms with van der Waals surface area (Å²) in [4.78, 5) is 23.2. The Balaban J connectivity index is 2.58.